The third-order valence-electron chi connectivity index (χ3n) is 4.84. The maximum atomic E-state index is 14.1. The highest BCUT2D eigenvalue weighted by Gasteiger charge is 2.32. The smallest absolute Gasteiger partial charge is 0.256 e. The number of nitrogens with one attached hydrogen (secondary N) is 1. The van der Waals surface area contributed by atoms with E-state index >= 15 is 0 Å². The van der Waals surface area contributed by atoms with Gasteiger partial charge in [-0.25, -0.2) is 14.4 Å². The molecular weight excluding hydrogens is 404 g/mol. The van der Waals surface area contributed by atoms with Crippen LogP contribution in [0.4, 0.5) is 4.39 Å². The maximum Gasteiger partial charge on any atom is 0.256 e. The Morgan fingerprint density at radius 1 is 1.29 bits per heavy atom. The van der Waals surface area contributed by atoms with Crippen LogP contribution in [0, 0.1) is 12.7 Å². The number of carbonyl (C=O) groups excluding carboxylic acids is 1. The molecule has 28 heavy (non-hydrogen) atoms. The van der Waals surface area contributed by atoms with Gasteiger partial charge in [0.05, 0.1) is 39.2 Å². The van der Waals surface area contributed by atoms with E-state index in [0.29, 0.717) is 12.2 Å². The zero-order valence-corrected chi connectivity index (χ0v) is 16.6. The van der Waals surface area contributed by atoms with Crippen LogP contribution in [0.3, 0.4) is 0 Å². The summed E-state index contributed by atoms with van der Waals surface area (Å²) in [5.41, 5.74) is 3.40. The third-order valence-corrected chi connectivity index (χ3v) is 5.50. The van der Waals surface area contributed by atoms with E-state index in [-0.39, 0.29) is 34.1 Å². The topological polar surface area (TPSA) is 74.8 Å². The van der Waals surface area contributed by atoms with E-state index in [9.17, 15) is 9.18 Å². The van der Waals surface area contributed by atoms with Gasteiger partial charge in [0.25, 0.3) is 5.91 Å². The predicted molar refractivity (Wildman–Crippen MR) is 104 cm³/mol. The van der Waals surface area contributed by atoms with Crippen molar-refractivity contribution in [3.05, 3.63) is 62.9 Å². The number of rotatable bonds is 2. The lowest BCUT2D eigenvalue weighted by Crippen LogP contribution is -2.43. The standard InChI is InChI=1S/C19H16Cl2FN5O/c1-9-7-12-15(24-10(2)25-18(12)14-5-6-23-26-14)8-27(9)19(28)11-3-4-13(20)17(22)16(11)21/h3-6,9H,7-8H2,1-2H3,(H,23,26)/t9-/m0/s1. The number of nitrogens with zero attached hydrogens (tertiary/aromatic N) is 4. The molecule has 1 amide bonds. The number of H-pyrrole nitrogens is 1. The van der Waals surface area contributed by atoms with E-state index in [2.05, 4.69) is 20.2 Å². The van der Waals surface area contributed by atoms with Crippen LogP contribution in [-0.2, 0) is 13.0 Å². The average Bonchev–Trinajstić information content (AvgIpc) is 3.19. The van der Waals surface area contributed by atoms with Crippen LogP contribution in [0.15, 0.2) is 24.4 Å². The fourth-order valence-corrected chi connectivity index (χ4v) is 3.90. The summed E-state index contributed by atoms with van der Waals surface area (Å²) in [4.78, 5) is 23.8. The molecule has 1 aromatic carbocycles. The van der Waals surface area contributed by atoms with E-state index in [1.165, 1.54) is 12.1 Å². The number of benzene rings is 1. The van der Waals surface area contributed by atoms with Crippen LogP contribution >= 0.6 is 23.2 Å². The largest absolute Gasteiger partial charge is 0.330 e. The minimum atomic E-state index is -0.793. The molecule has 1 N–H and O–H groups in total. The molecule has 1 aliphatic heterocycles. The number of aromatic nitrogens is 4. The Hall–Kier alpha value is -2.51. The Kier molecular flexibility index (Phi) is 4.81. The lowest BCUT2D eigenvalue weighted by molar-refractivity contribution is 0.0653. The third kappa shape index (κ3) is 3.14. The van der Waals surface area contributed by atoms with Crippen LogP contribution < -0.4 is 0 Å². The Bertz CT molecular complexity index is 1070. The Balaban J connectivity index is 1.73. The quantitative estimate of drug-likeness (QED) is 0.631. The van der Waals surface area contributed by atoms with Gasteiger partial charge < -0.3 is 4.90 Å². The van der Waals surface area contributed by atoms with E-state index in [0.717, 1.165) is 22.6 Å². The molecule has 144 valence electrons. The Labute approximate surface area is 170 Å². The first-order valence-corrected chi connectivity index (χ1v) is 9.43. The first-order chi connectivity index (χ1) is 13.4. The van der Waals surface area contributed by atoms with Crippen LogP contribution in [0.2, 0.25) is 10.0 Å². The Morgan fingerprint density at radius 3 is 2.79 bits per heavy atom. The van der Waals surface area contributed by atoms with Gasteiger partial charge in [0.1, 0.15) is 5.82 Å². The van der Waals surface area contributed by atoms with Crippen LogP contribution in [0.5, 0.6) is 0 Å². The van der Waals surface area contributed by atoms with E-state index < -0.39 is 5.82 Å². The number of amides is 1. The molecule has 0 unspecified atom stereocenters. The lowest BCUT2D eigenvalue weighted by Gasteiger charge is -2.35. The van der Waals surface area contributed by atoms with Gasteiger partial charge in [0, 0.05) is 17.8 Å². The lowest BCUT2D eigenvalue weighted by atomic mass is 9.95. The molecule has 3 heterocycles. The minimum absolute atomic E-state index is 0.0819. The highest BCUT2D eigenvalue weighted by atomic mass is 35.5. The number of hydrogen-bond acceptors (Lipinski definition) is 4. The molecule has 0 spiro atoms. The Morgan fingerprint density at radius 2 is 2.07 bits per heavy atom. The van der Waals surface area contributed by atoms with E-state index in [1.807, 2.05) is 13.0 Å². The van der Waals surface area contributed by atoms with Gasteiger partial charge in [-0.1, -0.05) is 23.2 Å². The van der Waals surface area contributed by atoms with Crippen molar-refractivity contribution in [3.63, 3.8) is 0 Å². The summed E-state index contributed by atoms with van der Waals surface area (Å²) in [5, 5.41) is 6.54. The van der Waals surface area contributed by atoms with Gasteiger partial charge >= 0.3 is 0 Å². The van der Waals surface area contributed by atoms with Crippen molar-refractivity contribution in [2.75, 3.05) is 0 Å². The summed E-state index contributed by atoms with van der Waals surface area (Å²) >= 11 is 11.8. The molecule has 1 aliphatic rings. The fraction of sp³-hybridized carbons (Fsp3) is 0.263. The van der Waals surface area contributed by atoms with Crippen LogP contribution in [-0.4, -0.2) is 37.0 Å². The molecule has 0 saturated heterocycles. The molecule has 2 aromatic heterocycles. The number of aromatic amines is 1. The van der Waals surface area contributed by atoms with Crippen molar-refractivity contribution in [2.24, 2.45) is 0 Å². The van der Waals surface area contributed by atoms with Gasteiger partial charge in [0.2, 0.25) is 0 Å². The van der Waals surface area contributed by atoms with Crippen molar-refractivity contribution >= 4 is 29.1 Å². The van der Waals surface area contributed by atoms with Crippen molar-refractivity contribution in [1.29, 1.82) is 0 Å². The van der Waals surface area contributed by atoms with E-state index in [4.69, 9.17) is 23.2 Å². The zero-order chi connectivity index (χ0) is 20.0. The van der Waals surface area contributed by atoms with Gasteiger partial charge in [0.15, 0.2) is 5.82 Å². The monoisotopic (exact) mass is 419 g/mol. The van der Waals surface area contributed by atoms with Gasteiger partial charge in [-0.2, -0.15) is 5.10 Å². The molecule has 6 nitrogen and oxygen atoms in total. The molecule has 0 fully saturated rings. The van der Waals surface area contributed by atoms with E-state index in [1.54, 1.807) is 18.0 Å². The molecule has 3 aromatic rings. The summed E-state index contributed by atoms with van der Waals surface area (Å²) in [6.45, 7) is 4.01. The number of fused-ring (bicyclic) bond motifs is 1. The molecule has 0 aliphatic carbocycles. The summed E-state index contributed by atoms with van der Waals surface area (Å²) in [7, 11) is 0. The second kappa shape index (κ2) is 7.14. The zero-order valence-electron chi connectivity index (χ0n) is 15.1. The second-order valence-electron chi connectivity index (χ2n) is 6.72. The first-order valence-electron chi connectivity index (χ1n) is 8.67. The predicted octanol–water partition coefficient (Wildman–Crippen LogP) is 4.21. The maximum absolute atomic E-state index is 14.1. The van der Waals surface area contributed by atoms with Gasteiger partial charge in [-0.3, -0.25) is 9.89 Å². The number of halogens is 3. The van der Waals surface area contributed by atoms with Crippen LogP contribution in [0.25, 0.3) is 11.4 Å². The molecule has 0 bridgehead atoms. The highest BCUT2D eigenvalue weighted by molar-refractivity contribution is 6.37. The minimum Gasteiger partial charge on any atom is -0.330 e. The molecule has 4 rings (SSSR count). The highest BCUT2D eigenvalue weighted by Crippen LogP contribution is 2.32. The van der Waals surface area contributed by atoms with Crippen molar-refractivity contribution in [1.82, 2.24) is 25.1 Å². The SMILES string of the molecule is Cc1nc2c(c(-c3ccn[nH]3)n1)C[C@H](C)N(C(=O)c1ccc(Cl)c(F)c1Cl)C2. The number of hydrogen-bond donors (Lipinski definition) is 1. The van der Waals surface area contributed by atoms with Gasteiger partial charge in [-0.05, 0) is 38.5 Å². The van der Waals surface area contributed by atoms with Gasteiger partial charge in [-0.15, -0.1) is 0 Å². The molecular formula is C19H16Cl2FN5O. The molecule has 1 atom stereocenters. The van der Waals surface area contributed by atoms with Crippen molar-refractivity contribution in [3.8, 4) is 11.4 Å². The summed E-state index contributed by atoms with van der Waals surface area (Å²) < 4.78 is 14.1. The summed E-state index contributed by atoms with van der Waals surface area (Å²) in [6.07, 6.45) is 2.22. The summed E-state index contributed by atoms with van der Waals surface area (Å²) in [5.74, 6) is -0.558. The van der Waals surface area contributed by atoms with Crippen LogP contribution in [0.1, 0.15) is 34.4 Å². The van der Waals surface area contributed by atoms with Crippen molar-refractivity contribution < 1.29 is 9.18 Å². The second-order valence-corrected chi connectivity index (χ2v) is 7.51. The van der Waals surface area contributed by atoms with Crippen molar-refractivity contribution in [2.45, 2.75) is 32.9 Å². The molecule has 0 radical (unpaired) electrons. The fourth-order valence-electron chi connectivity index (χ4n) is 3.45. The first kappa shape index (κ1) is 18.8. The number of aryl methyl sites for hydroxylation is 1. The average molecular weight is 420 g/mol. The normalized spacial score (nSPS) is 16.2. The number of carbonyl (C=O) groups is 1. The summed E-state index contributed by atoms with van der Waals surface area (Å²) in [6, 6.07) is 4.48. The molecule has 9 heteroatoms. The molecule has 0 saturated carbocycles.